The van der Waals surface area contributed by atoms with E-state index in [1.165, 1.54) is 30.7 Å². The topological polar surface area (TPSA) is 77.2 Å². The summed E-state index contributed by atoms with van der Waals surface area (Å²) in [5.41, 5.74) is 1.60. The lowest BCUT2D eigenvalue weighted by atomic mass is 10.1. The Morgan fingerprint density at radius 2 is 2.14 bits per heavy atom. The highest BCUT2D eigenvalue weighted by Gasteiger charge is 2.16. The molecule has 0 fully saturated rings. The van der Waals surface area contributed by atoms with Gasteiger partial charge in [-0.2, -0.15) is 0 Å². The minimum Gasteiger partial charge on any atom is -0.481 e. The van der Waals surface area contributed by atoms with Crippen LogP contribution in [0.1, 0.15) is 9.67 Å². The first-order chi connectivity index (χ1) is 13.7. The van der Waals surface area contributed by atoms with E-state index < -0.39 is 11.7 Å². The van der Waals surface area contributed by atoms with E-state index in [0.29, 0.717) is 16.5 Å². The Bertz CT molecular complexity index is 1130. The molecule has 0 aromatic carbocycles. The Hall–Kier alpha value is -3.52. The number of methoxy groups -OCH3 is 1. The van der Waals surface area contributed by atoms with E-state index in [9.17, 15) is 9.18 Å². The van der Waals surface area contributed by atoms with Crippen LogP contribution in [-0.2, 0) is 0 Å². The second-order valence-corrected chi connectivity index (χ2v) is 6.82. The first-order valence-electron chi connectivity index (χ1n) is 8.24. The fraction of sp³-hybridized carbons (Fsp3) is 0.0500. The van der Waals surface area contributed by atoms with E-state index in [1.54, 1.807) is 30.7 Å². The number of carbonyl (C=O) groups is 1. The van der Waals surface area contributed by atoms with Crippen molar-refractivity contribution in [3.05, 3.63) is 71.9 Å². The number of amides is 1. The Balaban J connectivity index is 1.64. The zero-order valence-electron chi connectivity index (χ0n) is 14.7. The maximum absolute atomic E-state index is 13.7. The summed E-state index contributed by atoms with van der Waals surface area (Å²) in [4.78, 5) is 21.7. The number of ether oxygens (including phenoxy) is 1. The molecule has 4 heterocycles. The highest BCUT2D eigenvalue weighted by molar-refractivity contribution is 7.17. The van der Waals surface area contributed by atoms with Crippen LogP contribution >= 0.6 is 11.3 Å². The summed E-state index contributed by atoms with van der Waals surface area (Å²) in [6.45, 7) is 0. The molecule has 0 saturated carbocycles. The molecule has 8 heteroatoms. The molecule has 4 aromatic rings. The molecule has 6 nitrogen and oxygen atoms in total. The molecule has 0 unspecified atom stereocenters. The largest absolute Gasteiger partial charge is 0.481 e. The zero-order chi connectivity index (χ0) is 19.5. The number of rotatable bonds is 5. The number of nitrogens with zero attached hydrogens (tertiary/aromatic N) is 2. The summed E-state index contributed by atoms with van der Waals surface area (Å²) < 4.78 is 24.5. The van der Waals surface area contributed by atoms with E-state index in [2.05, 4.69) is 15.3 Å². The van der Waals surface area contributed by atoms with Crippen molar-refractivity contribution in [3.8, 4) is 27.6 Å². The average Bonchev–Trinajstić information content (AvgIpc) is 3.41. The predicted molar refractivity (Wildman–Crippen MR) is 104 cm³/mol. The van der Waals surface area contributed by atoms with E-state index in [1.807, 2.05) is 12.1 Å². The third-order valence-corrected chi connectivity index (χ3v) is 5.08. The second kappa shape index (κ2) is 7.61. The van der Waals surface area contributed by atoms with Crippen LogP contribution in [0.2, 0.25) is 0 Å². The first-order valence-corrected chi connectivity index (χ1v) is 9.06. The normalized spacial score (nSPS) is 10.6. The van der Waals surface area contributed by atoms with Gasteiger partial charge in [-0.25, -0.2) is 9.37 Å². The number of hydrogen-bond acceptors (Lipinski definition) is 6. The molecule has 0 atom stereocenters. The molecule has 0 aliphatic carbocycles. The van der Waals surface area contributed by atoms with E-state index in [-0.39, 0.29) is 5.69 Å². The van der Waals surface area contributed by atoms with Gasteiger partial charge >= 0.3 is 0 Å². The van der Waals surface area contributed by atoms with Crippen molar-refractivity contribution >= 4 is 22.9 Å². The van der Waals surface area contributed by atoms with Gasteiger partial charge in [-0.1, -0.05) is 0 Å². The fourth-order valence-corrected chi connectivity index (χ4v) is 3.54. The van der Waals surface area contributed by atoms with Crippen molar-refractivity contribution in [1.82, 2.24) is 9.97 Å². The number of hydrogen-bond donors (Lipinski definition) is 1. The van der Waals surface area contributed by atoms with Crippen molar-refractivity contribution in [3.63, 3.8) is 0 Å². The molecule has 1 amide bonds. The lowest BCUT2D eigenvalue weighted by molar-refractivity contribution is 0.103. The van der Waals surface area contributed by atoms with Crippen LogP contribution < -0.4 is 10.1 Å². The van der Waals surface area contributed by atoms with Gasteiger partial charge in [0.2, 0.25) is 5.88 Å². The summed E-state index contributed by atoms with van der Waals surface area (Å²) in [6.07, 6.45) is 5.71. The molecule has 4 aromatic heterocycles. The summed E-state index contributed by atoms with van der Waals surface area (Å²) in [5.74, 6) is 0.114. The number of pyridine rings is 2. The Morgan fingerprint density at radius 3 is 2.89 bits per heavy atom. The van der Waals surface area contributed by atoms with Crippen LogP contribution in [0, 0.1) is 5.82 Å². The molecule has 0 aliphatic heterocycles. The number of nitrogens with one attached hydrogen (secondary N) is 1. The highest BCUT2D eigenvalue weighted by atomic mass is 32.1. The summed E-state index contributed by atoms with van der Waals surface area (Å²) >= 11 is 1.25. The smallest absolute Gasteiger partial charge is 0.265 e. The quantitative estimate of drug-likeness (QED) is 0.522. The molecule has 1 N–H and O–H groups in total. The molecule has 0 bridgehead atoms. The molecular weight excluding hydrogens is 381 g/mol. The lowest BCUT2D eigenvalue weighted by Crippen LogP contribution is -2.11. The number of halogens is 1. The minimum absolute atomic E-state index is 0.0778. The standard InChI is InChI=1S/C20H14FN3O3S/c1-26-20-13(9-12(10-23-20)16-3-2-8-27-16)17-4-5-18(28-17)19(25)24-15-6-7-22-11-14(15)21/h2-11H,1H3,(H,22,24,25). The molecule has 0 aliphatic rings. The van der Waals surface area contributed by atoms with E-state index in [0.717, 1.165) is 22.2 Å². The van der Waals surface area contributed by atoms with E-state index in [4.69, 9.17) is 9.15 Å². The average molecular weight is 395 g/mol. The Labute approximate surface area is 163 Å². The maximum atomic E-state index is 13.7. The van der Waals surface area contributed by atoms with Gasteiger partial charge in [0.05, 0.1) is 35.7 Å². The van der Waals surface area contributed by atoms with Crippen LogP contribution in [0.5, 0.6) is 5.88 Å². The van der Waals surface area contributed by atoms with Crippen molar-refractivity contribution in [2.45, 2.75) is 0 Å². The molecular formula is C20H14FN3O3S. The van der Waals surface area contributed by atoms with Gasteiger partial charge in [0, 0.05) is 22.8 Å². The van der Waals surface area contributed by atoms with Crippen LogP contribution in [0.15, 0.2) is 65.7 Å². The van der Waals surface area contributed by atoms with Crippen LogP contribution in [0.3, 0.4) is 0 Å². The van der Waals surface area contributed by atoms with Crippen LogP contribution in [0.25, 0.3) is 21.8 Å². The molecule has 0 radical (unpaired) electrons. The number of thiophene rings is 1. The van der Waals surface area contributed by atoms with Crippen molar-refractivity contribution in [1.29, 1.82) is 0 Å². The SMILES string of the molecule is COc1ncc(-c2ccco2)cc1-c1ccc(C(=O)Nc2ccncc2F)s1. The molecule has 0 saturated heterocycles. The van der Waals surface area contributed by atoms with Gasteiger partial charge < -0.3 is 14.5 Å². The van der Waals surface area contributed by atoms with Crippen molar-refractivity contribution < 1.29 is 18.3 Å². The summed E-state index contributed by atoms with van der Waals surface area (Å²) in [7, 11) is 1.53. The number of furan rings is 1. The summed E-state index contributed by atoms with van der Waals surface area (Å²) in [6, 6.07) is 10.4. The number of anilines is 1. The van der Waals surface area contributed by atoms with Gasteiger partial charge in [-0.05, 0) is 36.4 Å². The fourth-order valence-electron chi connectivity index (χ4n) is 2.63. The van der Waals surface area contributed by atoms with Gasteiger partial charge in [-0.3, -0.25) is 9.78 Å². The Kier molecular flexibility index (Phi) is 4.86. The molecule has 140 valence electrons. The van der Waals surface area contributed by atoms with Crippen molar-refractivity contribution in [2.24, 2.45) is 0 Å². The second-order valence-electron chi connectivity index (χ2n) is 5.73. The molecule has 4 rings (SSSR count). The van der Waals surface area contributed by atoms with Crippen molar-refractivity contribution in [2.75, 3.05) is 12.4 Å². The molecule has 0 spiro atoms. The number of carbonyl (C=O) groups excluding carboxylic acids is 1. The van der Waals surface area contributed by atoms with Gasteiger partial charge in [0.25, 0.3) is 5.91 Å². The van der Waals surface area contributed by atoms with Gasteiger partial charge in [0.15, 0.2) is 5.82 Å². The first kappa shape index (κ1) is 17.9. The lowest BCUT2D eigenvalue weighted by Gasteiger charge is -2.07. The molecule has 28 heavy (non-hydrogen) atoms. The highest BCUT2D eigenvalue weighted by Crippen LogP contribution is 2.36. The predicted octanol–water partition coefficient (Wildman–Crippen LogP) is 4.87. The summed E-state index contributed by atoms with van der Waals surface area (Å²) in [5, 5.41) is 2.55. The van der Waals surface area contributed by atoms with E-state index >= 15 is 0 Å². The van der Waals surface area contributed by atoms with Gasteiger partial charge in [0.1, 0.15) is 5.76 Å². The van der Waals surface area contributed by atoms with Gasteiger partial charge in [-0.15, -0.1) is 11.3 Å². The monoisotopic (exact) mass is 395 g/mol. The Morgan fingerprint density at radius 1 is 1.25 bits per heavy atom. The third kappa shape index (κ3) is 3.49. The van der Waals surface area contributed by atoms with Crippen LogP contribution in [0.4, 0.5) is 10.1 Å². The maximum Gasteiger partial charge on any atom is 0.265 e. The minimum atomic E-state index is -0.593. The zero-order valence-corrected chi connectivity index (χ0v) is 15.5. The third-order valence-electron chi connectivity index (χ3n) is 3.97. The number of aromatic nitrogens is 2. The van der Waals surface area contributed by atoms with Crippen LogP contribution in [-0.4, -0.2) is 23.0 Å².